The van der Waals surface area contributed by atoms with Gasteiger partial charge in [0, 0.05) is 25.4 Å². The summed E-state index contributed by atoms with van der Waals surface area (Å²) in [6, 6.07) is 7.52. The highest BCUT2D eigenvalue weighted by Gasteiger charge is 2.35. The highest BCUT2D eigenvalue weighted by atomic mass is 32.2. The van der Waals surface area contributed by atoms with Crippen molar-refractivity contribution in [2.45, 2.75) is 82.0 Å². The number of alkyl halides is 2. The van der Waals surface area contributed by atoms with E-state index in [2.05, 4.69) is 10.0 Å². The van der Waals surface area contributed by atoms with E-state index in [0.717, 1.165) is 18.9 Å². The third-order valence-electron chi connectivity index (χ3n) is 7.03. The molecule has 204 valence electrons. The van der Waals surface area contributed by atoms with Gasteiger partial charge in [-0.15, -0.1) is 0 Å². The van der Waals surface area contributed by atoms with Gasteiger partial charge in [-0.3, -0.25) is 19.0 Å². The van der Waals surface area contributed by atoms with Gasteiger partial charge < -0.3 is 10.1 Å². The first-order valence-corrected chi connectivity index (χ1v) is 14.3. The summed E-state index contributed by atoms with van der Waals surface area (Å²) in [4.78, 5) is 26.2. The van der Waals surface area contributed by atoms with Gasteiger partial charge in [-0.05, 0) is 68.2 Å². The van der Waals surface area contributed by atoms with Crippen LogP contribution >= 0.6 is 11.9 Å². The van der Waals surface area contributed by atoms with E-state index in [1.165, 1.54) is 24.8 Å². The van der Waals surface area contributed by atoms with Crippen molar-refractivity contribution in [1.82, 2.24) is 19.8 Å². The average molecular weight is 545 g/mol. The number of nitrogens with one attached hydrogen (secondary N) is 2. The number of amides is 2. The van der Waals surface area contributed by atoms with Crippen molar-refractivity contribution in [2.75, 3.05) is 6.61 Å². The molecule has 1 aromatic heterocycles. The van der Waals surface area contributed by atoms with Gasteiger partial charge in [-0.25, -0.2) is 8.78 Å². The minimum atomic E-state index is -2.68. The largest absolute Gasteiger partial charge is 0.494 e. The summed E-state index contributed by atoms with van der Waals surface area (Å²) in [7, 11) is 0. The summed E-state index contributed by atoms with van der Waals surface area (Å²) in [5.41, 5.74) is 2.48. The standard InChI is InChI=1S/C28H34F2N4O3S/c1-28(29,30)13-3-15-37-21-5-2-4-19(16-21)8-9-20-17-23-24(26(35)31-20)25(27(36)33-38-22-10-11-22)34(32-23)14-12-18-6-7-18/h2,4-5,10-11,16,18,20,22H,3,6-9,12-15,17H2,1H3,(H,31,35)(H,33,36). The Morgan fingerprint density at radius 1 is 1.29 bits per heavy atom. The van der Waals surface area contributed by atoms with Crippen molar-refractivity contribution in [3.05, 3.63) is 58.9 Å². The molecule has 0 saturated heterocycles. The quantitative estimate of drug-likeness (QED) is 0.196. The van der Waals surface area contributed by atoms with Crippen molar-refractivity contribution >= 4 is 23.8 Å². The van der Waals surface area contributed by atoms with E-state index < -0.39 is 5.92 Å². The molecule has 10 heteroatoms. The Kier molecular flexibility index (Phi) is 8.07. The second-order valence-corrected chi connectivity index (χ2v) is 11.6. The fourth-order valence-electron chi connectivity index (χ4n) is 4.71. The van der Waals surface area contributed by atoms with Crippen molar-refractivity contribution in [2.24, 2.45) is 5.92 Å². The van der Waals surface area contributed by atoms with Crippen molar-refractivity contribution < 1.29 is 23.1 Å². The summed E-state index contributed by atoms with van der Waals surface area (Å²) < 4.78 is 36.3. The lowest BCUT2D eigenvalue weighted by atomic mass is 9.95. The number of hydrogen-bond donors (Lipinski definition) is 2. The summed E-state index contributed by atoms with van der Waals surface area (Å²) in [6.07, 6.45) is 9.46. The zero-order valence-electron chi connectivity index (χ0n) is 21.6. The SMILES string of the molecule is CC(F)(F)CCCOc1cccc(CCC2Cc3nn(CCC4CC4)c(C(=O)NSC4C=C4)c3C(=O)N2)c1. The second kappa shape index (κ2) is 11.5. The molecule has 1 fully saturated rings. The number of halogens is 2. The third kappa shape index (κ3) is 7.36. The maximum atomic E-state index is 13.2. The first kappa shape index (κ1) is 26.7. The molecule has 2 aromatic rings. The topological polar surface area (TPSA) is 85.2 Å². The predicted octanol–water partition coefficient (Wildman–Crippen LogP) is 5.10. The maximum absolute atomic E-state index is 13.2. The number of aryl methyl sites for hydroxylation is 2. The van der Waals surface area contributed by atoms with E-state index >= 15 is 0 Å². The second-order valence-electron chi connectivity index (χ2n) is 10.6. The monoisotopic (exact) mass is 544 g/mol. The van der Waals surface area contributed by atoms with Gasteiger partial charge in [0.1, 0.15) is 11.4 Å². The van der Waals surface area contributed by atoms with E-state index in [1.807, 2.05) is 36.4 Å². The average Bonchev–Trinajstić information content (AvgIpc) is 3.80. The van der Waals surface area contributed by atoms with Crippen LogP contribution in [0.15, 0.2) is 36.4 Å². The number of aromatic nitrogens is 2. The van der Waals surface area contributed by atoms with E-state index in [4.69, 9.17) is 9.84 Å². The van der Waals surface area contributed by atoms with Crippen LogP contribution < -0.4 is 14.8 Å². The van der Waals surface area contributed by atoms with E-state index in [0.29, 0.717) is 54.4 Å². The number of fused-ring (bicyclic) bond motifs is 1. The Bertz CT molecular complexity index is 1200. The van der Waals surface area contributed by atoms with Gasteiger partial charge in [0.05, 0.1) is 23.1 Å². The number of carbonyl (C=O) groups excluding carboxylic acids is 2. The fourth-order valence-corrected chi connectivity index (χ4v) is 5.30. The number of rotatable bonds is 14. The number of ether oxygens (including phenoxy) is 1. The third-order valence-corrected chi connectivity index (χ3v) is 7.92. The predicted molar refractivity (Wildman–Crippen MR) is 143 cm³/mol. The molecule has 2 heterocycles. The van der Waals surface area contributed by atoms with Gasteiger partial charge in [-0.2, -0.15) is 5.10 Å². The molecule has 7 nitrogen and oxygen atoms in total. The van der Waals surface area contributed by atoms with Crippen LogP contribution in [-0.4, -0.2) is 45.4 Å². The van der Waals surface area contributed by atoms with Gasteiger partial charge in [0.2, 0.25) is 5.92 Å². The van der Waals surface area contributed by atoms with Crippen molar-refractivity contribution in [1.29, 1.82) is 0 Å². The first-order valence-electron chi connectivity index (χ1n) is 13.4. The Balaban J connectivity index is 1.20. The molecule has 2 amide bonds. The molecule has 1 saturated carbocycles. The molecule has 1 aromatic carbocycles. The molecule has 3 aliphatic rings. The Morgan fingerprint density at radius 2 is 2.11 bits per heavy atom. The molecule has 0 radical (unpaired) electrons. The molecule has 5 rings (SSSR count). The molecule has 38 heavy (non-hydrogen) atoms. The van der Waals surface area contributed by atoms with Crippen LogP contribution in [0.2, 0.25) is 0 Å². The minimum Gasteiger partial charge on any atom is -0.494 e. The van der Waals surface area contributed by atoms with Crippen LogP contribution in [0.5, 0.6) is 5.75 Å². The van der Waals surface area contributed by atoms with Gasteiger partial charge in [0.15, 0.2) is 0 Å². The smallest absolute Gasteiger partial charge is 0.280 e. The normalized spacial score (nSPS) is 18.7. The summed E-state index contributed by atoms with van der Waals surface area (Å²) in [5, 5.41) is 8.05. The van der Waals surface area contributed by atoms with Crippen LogP contribution in [0.25, 0.3) is 0 Å². The lowest BCUT2D eigenvalue weighted by Gasteiger charge is -2.23. The molecule has 1 atom stereocenters. The zero-order valence-corrected chi connectivity index (χ0v) is 22.4. The Morgan fingerprint density at radius 3 is 2.84 bits per heavy atom. The minimum absolute atomic E-state index is 0.0981. The van der Waals surface area contributed by atoms with Gasteiger partial charge >= 0.3 is 0 Å². The van der Waals surface area contributed by atoms with E-state index in [9.17, 15) is 18.4 Å². The van der Waals surface area contributed by atoms with Gasteiger partial charge in [-0.1, -0.05) is 37.1 Å². The lowest BCUT2D eigenvalue weighted by molar-refractivity contribution is 0.00767. The summed E-state index contributed by atoms with van der Waals surface area (Å²) in [6.45, 7) is 1.79. The van der Waals surface area contributed by atoms with Crippen LogP contribution in [0, 0.1) is 5.92 Å². The van der Waals surface area contributed by atoms with E-state index in [-0.39, 0.29) is 42.6 Å². The Labute approximate surface area is 225 Å². The molecule has 0 bridgehead atoms. The number of nitrogens with zero attached hydrogens (tertiary/aromatic N) is 2. The Hall–Kier alpha value is -2.88. The number of benzene rings is 1. The molecule has 1 aliphatic heterocycles. The molecule has 2 aliphatic carbocycles. The summed E-state index contributed by atoms with van der Waals surface area (Å²) in [5.74, 6) is -1.87. The maximum Gasteiger partial charge on any atom is 0.280 e. The number of hydrogen-bond acceptors (Lipinski definition) is 5. The highest BCUT2D eigenvalue weighted by Crippen LogP contribution is 2.33. The first-order chi connectivity index (χ1) is 18.2. The van der Waals surface area contributed by atoms with Crippen LogP contribution in [0.4, 0.5) is 8.78 Å². The van der Waals surface area contributed by atoms with Crippen LogP contribution in [0.1, 0.15) is 77.6 Å². The highest BCUT2D eigenvalue weighted by molar-refractivity contribution is 7.99. The van der Waals surface area contributed by atoms with E-state index in [1.54, 1.807) is 4.68 Å². The molecule has 1 unspecified atom stereocenters. The summed E-state index contributed by atoms with van der Waals surface area (Å²) >= 11 is 1.33. The van der Waals surface area contributed by atoms with Gasteiger partial charge in [0.25, 0.3) is 11.8 Å². The van der Waals surface area contributed by atoms with Crippen LogP contribution in [0.3, 0.4) is 0 Å². The number of carbonyl (C=O) groups is 2. The molecular weight excluding hydrogens is 510 g/mol. The van der Waals surface area contributed by atoms with Crippen molar-refractivity contribution in [3.8, 4) is 5.75 Å². The lowest BCUT2D eigenvalue weighted by Crippen LogP contribution is -2.42. The molecular formula is C28H34F2N4O3S. The van der Waals surface area contributed by atoms with Crippen molar-refractivity contribution in [3.63, 3.8) is 0 Å². The van der Waals surface area contributed by atoms with Crippen LogP contribution in [-0.2, 0) is 19.4 Å². The molecule has 2 N–H and O–H groups in total. The zero-order chi connectivity index (χ0) is 26.7. The fraction of sp³-hybridized carbons (Fsp3) is 0.536. The molecule has 0 spiro atoms.